The maximum absolute atomic E-state index is 13.2. The lowest BCUT2D eigenvalue weighted by Crippen LogP contribution is -2.29. The Morgan fingerprint density at radius 3 is 2.42 bits per heavy atom. The molecule has 66 valence electrons. The number of benzene rings is 1. The molecule has 0 aliphatic rings. The lowest BCUT2D eigenvalue weighted by atomic mass is 9.95. The molecule has 0 heterocycles. The molecular formula is C9H11ClFN. The normalized spacial score (nSPS) is 11.8. The maximum atomic E-state index is 13.2. The van der Waals surface area contributed by atoms with Gasteiger partial charge in [0.1, 0.15) is 5.82 Å². The Balaban J connectivity index is 3.19. The van der Waals surface area contributed by atoms with Crippen LogP contribution in [-0.4, -0.2) is 0 Å². The van der Waals surface area contributed by atoms with Gasteiger partial charge in [0.05, 0.1) is 0 Å². The molecule has 0 saturated carbocycles. The van der Waals surface area contributed by atoms with Crippen molar-refractivity contribution >= 4 is 11.6 Å². The molecule has 1 aromatic rings. The van der Waals surface area contributed by atoms with E-state index < -0.39 is 5.54 Å². The highest BCUT2D eigenvalue weighted by Crippen LogP contribution is 2.22. The number of halogens is 2. The van der Waals surface area contributed by atoms with Gasteiger partial charge in [0.2, 0.25) is 0 Å². The zero-order valence-electron chi connectivity index (χ0n) is 7.07. The average Bonchev–Trinajstić information content (AvgIpc) is 1.83. The molecule has 0 fully saturated rings. The molecule has 0 aliphatic heterocycles. The minimum atomic E-state index is -0.658. The lowest BCUT2D eigenvalue weighted by molar-refractivity contribution is 0.501. The van der Waals surface area contributed by atoms with Crippen LogP contribution in [-0.2, 0) is 5.54 Å². The highest BCUT2D eigenvalue weighted by Gasteiger charge is 2.18. The monoisotopic (exact) mass is 187 g/mol. The van der Waals surface area contributed by atoms with Gasteiger partial charge in [-0.05, 0) is 26.0 Å². The molecule has 2 N–H and O–H groups in total. The van der Waals surface area contributed by atoms with Crippen molar-refractivity contribution in [3.63, 3.8) is 0 Å². The molecule has 0 aliphatic carbocycles. The Kier molecular flexibility index (Phi) is 2.40. The van der Waals surface area contributed by atoms with Crippen molar-refractivity contribution in [3.05, 3.63) is 34.6 Å². The Morgan fingerprint density at radius 2 is 2.00 bits per heavy atom. The van der Waals surface area contributed by atoms with Gasteiger partial charge in [-0.25, -0.2) is 4.39 Å². The predicted octanol–water partition coefficient (Wildman–Crippen LogP) is 2.67. The zero-order valence-corrected chi connectivity index (χ0v) is 7.82. The Bertz CT molecular complexity index is 291. The number of rotatable bonds is 1. The van der Waals surface area contributed by atoms with Crippen LogP contribution < -0.4 is 5.73 Å². The largest absolute Gasteiger partial charge is 0.322 e. The van der Waals surface area contributed by atoms with Gasteiger partial charge < -0.3 is 5.73 Å². The smallest absolute Gasteiger partial charge is 0.129 e. The molecule has 0 aromatic heterocycles. The number of hydrogen-bond donors (Lipinski definition) is 1. The van der Waals surface area contributed by atoms with Crippen LogP contribution >= 0.6 is 11.6 Å². The summed E-state index contributed by atoms with van der Waals surface area (Å²) in [5, 5.41) is 0.389. The second kappa shape index (κ2) is 3.04. The molecule has 1 aromatic carbocycles. The summed E-state index contributed by atoms with van der Waals surface area (Å²) < 4.78 is 13.2. The van der Waals surface area contributed by atoms with Gasteiger partial charge in [-0.15, -0.1) is 0 Å². The van der Waals surface area contributed by atoms with E-state index in [1.165, 1.54) is 6.07 Å². The van der Waals surface area contributed by atoms with Crippen molar-refractivity contribution < 1.29 is 4.39 Å². The van der Waals surface area contributed by atoms with Gasteiger partial charge in [0.15, 0.2) is 0 Å². The van der Waals surface area contributed by atoms with Crippen molar-refractivity contribution in [3.8, 4) is 0 Å². The van der Waals surface area contributed by atoms with E-state index in [1.54, 1.807) is 26.0 Å². The van der Waals surface area contributed by atoms with Gasteiger partial charge in [-0.2, -0.15) is 0 Å². The van der Waals surface area contributed by atoms with Crippen molar-refractivity contribution in [2.75, 3.05) is 0 Å². The van der Waals surface area contributed by atoms with Crippen LogP contribution in [0.25, 0.3) is 0 Å². The summed E-state index contributed by atoms with van der Waals surface area (Å²) in [6.45, 7) is 3.50. The van der Waals surface area contributed by atoms with Crippen molar-refractivity contribution in [2.24, 2.45) is 5.73 Å². The van der Waals surface area contributed by atoms with Crippen LogP contribution in [0.3, 0.4) is 0 Å². The third-order valence-electron chi connectivity index (χ3n) is 1.63. The van der Waals surface area contributed by atoms with E-state index in [9.17, 15) is 4.39 Å². The zero-order chi connectivity index (χ0) is 9.35. The average molecular weight is 188 g/mol. The third-order valence-corrected chi connectivity index (χ3v) is 1.86. The van der Waals surface area contributed by atoms with E-state index in [2.05, 4.69) is 0 Å². The molecule has 12 heavy (non-hydrogen) atoms. The van der Waals surface area contributed by atoms with Crippen LogP contribution in [0.1, 0.15) is 19.4 Å². The molecular weight excluding hydrogens is 177 g/mol. The van der Waals surface area contributed by atoms with Gasteiger partial charge in [0, 0.05) is 16.1 Å². The topological polar surface area (TPSA) is 26.0 Å². The van der Waals surface area contributed by atoms with E-state index in [4.69, 9.17) is 17.3 Å². The van der Waals surface area contributed by atoms with Crippen LogP contribution in [0, 0.1) is 5.82 Å². The first kappa shape index (κ1) is 9.49. The van der Waals surface area contributed by atoms with Crippen molar-refractivity contribution in [1.29, 1.82) is 0 Å². The molecule has 0 atom stereocenters. The molecule has 0 saturated heterocycles. The second-order valence-electron chi connectivity index (χ2n) is 3.35. The Hall–Kier alpha value is -0.600. The molecule has 3 heteroatoms. The van der Waals surface area contributed by atoms with Gasteiger partial charge >= 0.3 is 0 Å². The van der Waals surface area contributed by atoms with E-state index in [1.807, 2.05) is 0 Å². The predicted molar refractivity (Wildman–Crippen MR) is 48.6 cm³/mol. The fourth-order valence-electron chi connectivity index (χ4n) is 1.01. The first-order valence-electron chi connectivity index (χ1n) is 3.65. The minimum absolute atomic E-state index is 0.352. The highest BCUT2D eigenvalue weighted by atomic mass is 35.5. The molecule has 0 unspecified atom stereocenters. The SMILES string of the molecule is CC(C)(N)c1ccc(Cl)cc1F. The van der Waals surface area contributed by atoms with E-state index >= 15 is 0 Å². The standard InChI is InChI=1S/C9H11ClFN/c1-9(2,12)7-4-3-6(10)5-8(7)11/h3-5H,12H2,1-2H3. The van der Waals surface area contributed by atoms with E-state index in [0.29, 0.717) is 10.6 Å². The summed E-state index contributed by atoms with van der Waals surface area (Å²) in [6, 6.07) is 4.51. The van der Waals surface area contributed by atoms with Crippen molar-refractivity contribution in [2.45, 2.75) is 19.4 Å². The van der Waals surface area contributed by atoms with Gasteiger partial charge in [-0.3, -0.25) is 0 Å². The maximum Gasteiger partial charge on any atom is 0.129 e. The minimum Gasteiger partial charge on any atom is -0.322 e. The molecule has 0 radical (unpaired) electrons. The fourth-order valence-corrected chi connectivity index (χ4v) is 1.17. The number of hydrogen-bond acceptors (Lipinski definition) is 1. The summed E-state index contributed by atoms with van der Waals surface area (Å²) >= 11 is 5.59. The van der Waals surface area contributed by atoms with Crippen LogP contribution in [0.2, 0.25) is 5.02 Å². The summed E-state index contributed by atoms with van der Waals surface area (Å²) in [5.41, 5.74) is 5.55. The number of nitrogens with two attached hydrogens (primary N) is 1. The summed E-state index contributed by atoms with van der Waals surface area (Å²) in [4.78, 5) is 0. The van der Waals surface area contributed by atoms with Crippen LogP contribution in [0.15, 0.2) is 18.2 Å². The molecule has 1 rings (SSSR count). The van der Waals surface area contributed by atoms with Crippen molar-refractivity contribution in [1.82, 2.24) is 0 Å². The summed E-state index contributed by atoms with van der Waals surface area (Å²) in [6.07, 6.45) is 0. The van der Waals surface area contributed by atoms with Gasteiger partial charge in [0.25, 0.3) is 0 Å². The first-order valence-corrected chi connectivity index (χ1v) is 4.03. The second-order valence-corrected chi connectivity index (χ2v) is 3.78. The summed E-state index contributed by atoms with van der Waals surface area (Å²) in [5.74, 6) is -0.352. The van der Waals surface area contributed by atoms with E-state index in [-0.39, 0.29) is 5.82 Å². The van der Waals surface area contributed by atoms with Crippen LogP contribution in [0.5, 0.6) is 0 Å². The lowest BCUT2D eigenvalue weighted by Gasteiger charge is -2.19. The highest BCUT2D eigenvalue weighted by molar-refractivity contribution is 6.30. The van der Waals surface area contributed by atoms with Crippen LogP contribution in [0.4, 0.5) is 4.39 Å². The Morgan fingerprint density at radius 1 is 1.42 bits per heavy atom. The molecule has 0 spiro atoms. The van der Waals surface area contributed by atoms with Gasteiger partial charge in [-0.1, -0.05) is 17.7 Å². The quantitative estimate of drug-likeness (QED) is 0.719. The molecule has 1 nitrogen and oxygen atoms in total. The molecule has 0 bridgehead atoms. The molecule has 0 amide bonds. The first-order chi connectivity index (χ1) is 5.41. The summed E-state index contributed by atoms with van der Waals surface area (Å²) in [7, 11) is 0. The van der Waals surface area contributed by atoms with E-state index in [0.717, 1.165) is 0 Å². The fraction of sp³-hybridized carbons (Fsp3) is 0.333. The third kappa shape index (κ3) is 1.96. The Labute approximate surface area is 76.3 Å².